The second kappa shape index (κ2) is 9.37. The Morgan fingerprint density at radius 3 is 2.67 bits per heavy atom. The minimum Gasteiger partial charge on any atom is -0.447 e. The molecule has 2 aliphatic heterocycles. The Kier molecular flexibility index (Phi) is 5.96. The van der Waals surface area contributed by atoms with Crippen molar-refractivity contribution in [1.29, 1.82) is 0 Å². The molecule has 0 aliphatic carbocycles. The van der Waals surface area contributed by atoms with Gasteiger partial charge in [0, 0.05) is 47.9 Å². The molecule has 3 aromatic heterocycles. The molecule has 2 N–H and O–H groups in total. The molecular weight excluding hydrogens is 513 g/mol. The van der Waals surface area contributed by atoms with Crippen molar-refractivity contribution < 1.29 is 27.5 Å². The van der Waals surface area contributed by atoms with E-state index in [4.69, 9.17) is 15.5 Å². The third-order valence-corrected chi connectivity index (χ3v) is 7.28. The van der Waals surface area contributed by atoms with E-state index in [0.29, 0.717) is 35.5 Å². The Balaban J connectivity index is 1.28. The molecule has 0 unspecified atom stereocenters. The number of fused-ring (bicyclic) bond motifs is 2. The number of rotatable bonds is 5. The molecule has 12 heteroatoms. The average Bonchev–Trinajstić information content (AvgIpc) is 3.50. The van der Waals surface area contributed by atoms with E-state index in [2.05, 4.69) is 9.97 Å². The Bertz CT molecular complexity index is 1580. The number of cyclic esters (lactones) is 1. The molecular formula is C27H23F3N6O3. The molecule has 2 aliphatic rings. The summed E-state index contributed by atoms with van der Waals surface area (Å²) in [6.45, 7) is 0.895. The van der Waals surface area contributed by atoms with Crippen LogP contribution in [0.5, 0.6) is 0 Å². The lowest BCUT2D eigenvalue weighted by Crippen LogP contribution is -2.41. The third kappa shape index (κ3) is 4.55. The molecule has 1 aromatic carbocycles. The number of ether oxygens (including phenoxy) is 1. The van der Waals surface area contributed by atoms with Gasteiger partial charge in [0.15, 0.2) is 5.78 Å². The fourth-order valence-corrected chi connectivity index (χ4v) is 5.29. The number of carbonyl (C=O) groups is 2. The first-order valence-corrected chi connectivity index (χ1v) is 12.4. The SMILES string of the molecule is Nc1nccn2c([C@H]3CC[C@H]4COC(=O)N4C3)nc(-c3ccc(C(=O)Cc4cc(C(F)(F)F)ccn4)cc3)c12. The van der Waals surface area contributed by atoms with Gasteiger partial charge in [0.05, 0.1) is 18.0 Å². The smallest absolute Gasteiger partial charge is 0.416 e. The number of alkyl halides is 3. The van der Waals surface area contributed by atoms with Crippen LogP contribution in [-0.2, 0) is 17.3 Å². The van der Waals surface area contributed by atoms with Gasteiger partial charge in [-0.3, -0.25) is 14.2 Å². The van der Waals surface area contributed by atoms with E-state index in [9.17, 15) is 22.8 Å². The lowest BCUT2D eigenvalue weighted by atomic mass is 9.93. The molecule has 2 atom stereocenters. The number of nitrogens with zero attached hydrogens (tertiary/aromatic N) is 5. The summed E-state index contributed by atoms with van der Waals surface area (Å²) in [6, 6.07) is 8.50. The molecule has 9 nitrogen and oxygen atoms in total. The number of hydrogen-bond acceptors (Lipinski definition) is 7. The summed E-state index contributed by atoms with van der Waals surface area (Å²) >= 11 is 0. The van der Waals surface area contributed by atoms with Gasteiger partial charge in [-0.1, -0.05) is 24.3 Å². The number of nitrogen functional groups attached to an aromatic ring is 1. The number of nitrogens with two attached hydrogens (primary N) is 1. The van der Waals surface area contributed by atoms with Crippen molar-refractivity contribution in [1.82, 2.24) is 24.3 Å². The largest absolute Gasteiger partial charge is 0.447 e. The molecule has 4 aromatic rings. The van der Waals surface area contributed by atoms with Crippen LogP contribution >= 0.6 is 0 Å². The van der Waals surface area contributed by atoms with Crippen molar-refractivity contribution in [2.75, 3.05) is 18.9 Å². The molecule has 1 amide bonds. The zero-order valence-corrected chi connectivity index (χ0v) is 20.6. The fourth-order valence-electron chi connectivity index (χ4n) is 5.29. The fraction of sp³-hybridized carbons (Fsp3) is 0.296. The van der Waals surface area contributed by atoms with Crippen LogP contribution < -0.4 is 5.73 Å². The van der Waals surface area contributed by atoms with Crippen LogP contribution in [0.15, 0.2) is 55.0 Å². The second-order valence-corrected chi connectivity index (χ2v) is 9.72. The van der Waals surface area contributed by atoms with Crippen LogP contribution in [-0.4, -0.2) is 55.3 Å². The van der Waals surface area contributed by atoms with Crippen molar-refractivity contribution in [3.05, 3.63) is 77.6 Å². The van der Waals surface area contributed by atoms with E-state index in [1.807, 2.05) is 4.40 Å². The summed E-state index contributed by atoms with van der Waals surface area (Å²) < 4.78 is 46.1. The Morgan fingerprint density at radius 1 is 1.10 bits per heavy atom. The first-order valence-electron chi connectivity index (χ1n) is 12.4. The Labute approximate surface area is 220 Å². The standard InChI is InChI=1S/C27H23F3N6O3/c28-27(29,30)18-7-8-32-19(11-18)12-21(37)15-1-3-16(4-2-15)22-23-24(31)33-9-10-35(23)25(34-22)17-5-6-20-14-39-26(38)36(20)13-17/h1-4,7-11,17,20H,5-6,12-14H2,(H2,31,33)/t17-,20-/m0/s1. The highest BCUT2D eigenvalue weighted by atomic mass is 19.4. The lowest BCUT2D eigenvalue weighted by molar-refractivity contribution is -0.137. The molecule has 6 rings (SSSR count). The summed E-state index contributed by atoms with van der Waals surface area (Å²) in [7, 11) is 0. The first kappa shape index (κ1) is 24.8. The topological polar surface area (TPSA) is 116 Å². The van der Waals surface area contributed by atoms with Crippen LogP contribution in [0.2, 0.25) is 0 Å². The molecule has 0 bridgehead atoms. The number of halogens is 3. The number of carbonyl (C=O) groups excluding carboxylic acids is 2. The number of hydrogen-bond donors (Lipinski definition) is 1. The maximum atomic E-state index is 13.0. The highest BCUT2D eigenvalue weighted by Crippen LogP contribution is 2.37. The van der Waals surface area contributed by atoms with Gasteiger partial charge >= 0.3 is 12.3 Å². The number of piperidine rings is 1. The van der Waals surface area contributed by atoms with E-state index in [0.717, 1.165) is 37.0 Å². The Hall–Kier alpha value is -4.48. The highest BCUT2D eigenvalue weighted by Gasteiger charge is 2.40. The maximum Gasteiger partial charge on any atom is 0.416 e. The van der Waals surface area contributed by atoms with Crippen LogP contribution in [0.25, 0.3) is 16.8 Å². The number of anilines is 1. The molecule has 0 spiro atoms. The lowest BCUT2D eigenvalue weighted by Gasteiger charge is -2.31. The van der Waals surface area contributed by atoms with Crippen molar-refractivity contribution in [3.63, 3.8) is 0 Å². The molecule has 2 saturated heterocycles. The van der Waals surface area contributed by atoms with Crippen LogP contribution in [0.4, 0.5) is 23.8 Å². The van der Waals surface area contributed by atoms with E-state index < -0.39 is 11.7 Å². The predicted octanol–water partition coefficient (Wildman–Crippen LogP) is 4.52. The number of imidazole rings is 1. The summed E-state index contributed by atoms with van der Waals surface area (Å²) in [6.07, 6.45) is 0.971. The summed E-state index contributed by atoms with van der Waals surface area (Å²) in [5.74, 6) is 0.647. The minimum absolute atomic E-state index is 0.0317. The van der Waals surface area contributed by atoms with Crippen molar-refractivity contribution in [3.8, 4) is 11.3 Å². The summed E-state index contributed by atoms with van der Waals surface area (Å²) in [4.78, 5) is 39.8. The number of ketones is 1. The molecule has 200 valence electrons. The van der Waals surface area contributed by atoms with Gasteiger partial charge in [-0.2, -0.15) is 13.2 Å². The van der Waals surface area contributed by atoms with Crippen LogP contribution in [0, 0.1) is 0 Å². The van der Waals surface area contributed by atoms with Crippen LogP contribution in [0.3, 0.4) is 0 Å². The quantitative estimate of drug-likeness (QED) is 0.373. The van der Waals surface area contributed by atoms with Crippen molar-refractivity contribution in [2.45, 2.75) is 37.4 Å². The van der Waals surface area contributed by atoms with Gasteiger partial charge in [0.1, 0.15) is 29.5 Å². The molecule has 2 fully saturated rings. The summed E-state index contributed by atoms with van der Waals surface area (Å²) in [5.41, 5.74) is 7.68. The Morgan fingerprint density at radius 2 is 1.90 bits per heavy atom. The predicted molar refractivity (Wildman–Crippen MR) is 134 cm³/mol. The molecule has 0 saturated carbocycles. The molecule has 39 heavy (non-hydrogen) atoms. The van der Waals surface area contributed by atoms with Crippen molar-refractivity contribution in [2.24, 2.45) is 0 Å². The van der Waals surface area contributed by atoms with Gasteiger partial charge in [-0.05, 0) is 25.0 Å². The average molecular weight is 537 g/mol. The zero-order valence-electron chi connectivity index (χ0n) is 20.6. The first-order chi connectivity index (χ1) is 18.7. The van der Waals surface area contributed by atoms with Gasteiger partial charge < -0.3 is 15.4 Å². The third-order valence-electron chi connectivity index (χ3n) is 7.28. The maximum absolute atomic E-state index is 13.0. The zero-order chi connectivity index (χ0) is 27.3. The molecule has 0 radical (unpaired) electrons. The van der Waals surface area contributed by atoms with Gasteiger partial charge in [0.25, 0.3) is 0 Å². The van der Waals surface area contributed by atoms with E-state index in [-0.39, 0.29) is 41.8 Å². The summed E-state index contributed by atoms with van der Waals surface area (Å²) in [5, 5.41) is 0. The number of benzene rings is 1. The van der Waals surface area contributed by atoms with E-state index >= 15 is 0 Å². The van der Waals surface area contributed by atoms with E-state index in [1.54, 1.807) is 41.6 Å². The van der Waals surface area contributed by atoms with Crippen molar-refractivity contribution >= 4 is 23.2 Å². The number of Topliss-reactive ketones (excluding diaryl/α,β-unsaturated/α-hetero) is 1. The number of pyridine rings is 1. The minimum atomic E-state index is -4.51. The highest BCUT2D eigenvalue weighted by molar-refractivity contribution is 5.98. The van der Waals surface area contributed by atoms with Crippen LogP contribution in [0.1, 0.15) is 46.2 Å². The number of amides is 1. The van der Waals surface area contributed by atoms with E-state index in [1.165, 1.54) is 0 Å². The van der Waals surface area contributed by atoms with Gasteiger partial charge in [-0.25, -0.2) is 14.8 Å². The number of aromatic nitrogens is 4. The monoisotopic (exact) mass is 536 g/mol. The molecule has 5 heterocycles. The van der Waals surface area contributed by atoms with Gasteiger partial charge in [-0.15, -0.1) is 0 Å². The normalized spacial score (nSPS) is 19.3. The van der Waals surface area contributed by atoms with Gasteiger partial charge in [0.2, 0.25) is 0 Å². The second-order valence-electron chi connectivity index (χ2n) is 9.72.